The number of urea groups is 1. The van der Waals surface area contributed by atoms with E-state index in [1.54, 1.807) is 16.0 Å². The Morgan fingerprint density at radius 1 is 0.903 bits per heavy atom. The van der Waals surface area contributed by atoms with E-state index >= 15 is 0 Å². The summed E-state index contributed by atoms with van der Waals surface area (Å²) in [7, 11) is 1.89. The molecule has 4 nitrogen and oxygen atoms in total. The van der Waals surface area contributed by atoms with E-state index in [0.29, 0.717) is 24.7 Å². The smallest absolute Gasteiger partial charge is 0.317 e. The van der Waals surface area contributed by atoms with Gasteiger partial charge in [0.05, 0.1) is 0 Å². The van der Waals surface area contributed by atoms with Crippen LogP contribution in [-0.2, 0) is 6.54 Å². The molecule has 2 fully saturated rings. The number of hydrogen-bond donors (Lipinski definition) is 1. The zero-order chi connectivity index (χ0) is 21.2. The van der Waals surface area contributed by atoms with Crippen LogP contribution in [0.5, 0.6) is 0 Å². The summed E-state index contributed by atoms with van der Waals surface area (Å²) in [4.78, 5) is 17.2. The molecule has 4 heteroatoms. The summed E-state index contributed by atoms with van der Waals surface area (Å²) in [6.45, 7) is 1.88. The first-order valence-corrected chi connectivity index (χ1v) is 12.1. The molecule has 1 N–H and O–H groups in total. The van der Waals surface area contributed by atoms with Crippen LogP contribution in [0.25, 0.3) is 0 Å². The molecule has 2 bridgehead atoms. The predicted octanol–water partition coefficient (Wildman–Crippen LogP) is 5.67. The fourth-order valence-electron chi connectivity index (χ4n) is 6.10. The maximum atomic E-state index is 12.6. The first-order chi connectivity index (χ1) is 15.2. The highest BCUT2D eigenvalue weighted by molar-refractivity contribution is 5.74. The number of hydrogen-bond acceptors (Lipinski definition) is 2. The van der Waals surface area contributed by atoms with Gasteiger partial charge in [0, 0.05) is 31.7 Å². The Kier molecular flexibility index (Phi) is 5.99. The molecular weight excluding hydrogens is 382 g/mol. The van der Waals surface area contributed by atoms with Crippen molar-refractivity contribution >= 4 is 6.03 Å². The average molecular weight is 418 g/mol. The standard InChI is InChI=1S/C27H35N3O/c1-29(19-21-7-3-2-4-8-21)27(31)28-22-13-11-20(12-14-22)17-18-30-25-15-16-26(30)24-10-6-5-9-23(24)25/h2-10,20,22,25-26H,11-19H2,1H3,(H,28,31). The minimum absolute atomic E-state index is 0.0544. The molecule has 2 atom stereocenters. The summed E-state index contributed by atoms with van der Waals surface area (Å²) in [6, 6.07) is 21.0. The Bertz CT molecular complexity index is 859. The van der Waals surface area contributed by atoms with Gasteiger partial charge in [0.1, 0.15) is 0 Å². The van der Waals surface area contributed by atoms with E-state index in [0.717, 1.165) is 18.8 Å². The minimum Gasteiger partial charge on any atom is -0.335 e. The summed E-state index contributed by atoms with van der Waals surface area (Å²) in [6.07, 6.45) is 8.67. The van der Waals surface area contributed by atoms with Crippen LogP contribution in [0.3, 0.4) is 0 Å². The minimum atomic E-state index is 0.0544. The summed E-state index contributed by atoms with van der Waals surface area (Å²) in [5, 5.41) is 3.27. The quantitative estimate of drug-likeness (QED) is 0.657. The maximum absolute atomic E-state index is 12.6. The first kappa shape index (κ1) is 20.6. The number of benzene rings is 2. The lowest BCUT2D eigenvalue weighted by Gasteiger charge is -2.32. The molecular formula is C27H35N3O. The molecule has 1 saturated carbocycles. The third kappa shape index (κ3) is 4.36. The van der Waals surface area contributed by atoms with Crippen LogP contribution in [-0.4, -0.2) is 35.5 Å². The Hall–Kier alpha value is -2.33. The van der Waals surface area contributed by atoms with E-state index in [1.165, 1.54) is 44.2 Å². The zero-order valence-electron chi connectivity index (χ0n) is 18.7. The lowest BCUT2D eigenvalue weighted by Crippen LogP contribution is -2.44. The third-order valence-corrected chi connectivity index (χ3v) is 7.81. The van der Waals surface area contributed by atoms with Crippen molar-refractivity contribution in [2.45, 2.75) is 69.6 Å². The number of carbonyl (C=O) groups excluding carboxylic acids is 1. The van der Waals surface area contributed by atoms with Crippen LogP contribution in [0.4, 0.5) is 4.79 Å². The number of carbonyl (C=O) groups is 1. The molecule has 2 aromatic rings. The molecule has 2 amide bonds. The normalized spacial score (nSPS) is 27.1. The number of rotatable bonds is 6. The van der Waals surface area contributed by atoms with Gasteiger partial charge in [0.2, 0.25) is 0 Å². The maximum Gasteiger partial charge on any atom is 0.317 e. The van der Waals surface area contributed by atoms with Crippen LogP contribution in [0.2, 0.25) is 0 Å². The number of nitrogens with zero attached hydrogens (tertiary/aromatic N) is 2. The van der Waals surface area contributed by atoms with Crippen molar-refractivity contribution in [2.24, 2.45) is 5.92 Å². The lowest BCUT2D eigenvalue weighted by molar-refractivity contribution is 0.178. The van der Waals surface area contributed by atoms with Gasteiger partial charge in [-0.15, -0.1) is 0 Å². The molecule has 2 aliphatic heterocycles. The van der Waals surface area contributed by atoms with E-state index in [-0.39, 0.29) is 6.03 Å². The molecule has 2 aromatic carbocycles. The average Bonchev–Trinajstić information content (AvgIpc) is 3.35. The van der Waals surface area contributed by atoms with Crippen molar-refractivity contribution in [2.75, 3.05) is 13.6 Å². The van der Waals surface area contributed by atoms with Gasteiger partial charge in [-0.1, -0.05) is 54.6 Å². The largest absolute Gasteiger partial charge is 0.335 e. The van der Waals surface area contributed by atoms with Gasteiger partial charge >= 0.3 is 6.03 Å². The predicted molar refractivity (Wildman–Crippen MR) is 125 cm³/mol. The van der Waals surface area contributed by atoms with Crippen LogP contribution in [0, 0.1) is 5.92 Å². The number of fused-ring (bicyclic) bond motifs is 5. The Balaban J connectivity index is 1.05. The molecule has 0 aromatic heterocycles. The Morgan fingerprint density at radius 2 is 1.52 bits per heavy atom. The molecule has 3 aliphatic rings. The molecule has 2 heterocycles. The topological polar surface area (TPSA) is 35.6 Å². The van der Waals surface area contributed by atoms with E-state index in [4.69, 9.17) is 0 Å². The van der Waals surface area contributed by atoms with Crippen molar-refractivity contribution in [1.29, 1.82) is 0 Å². The summed E-state index contributed by atoms with van der Waals surface area (Å²) in [5.74, 6) is 0.804. The Labute approximate surface area is 186 Å². The van der Waals surface area contributed by atoms with Crippen molar-refractivity contribution in [1.82, 2.24) is 15.1 Å². The molecule has 5 rings (SSSR count). The second-order valence-corrected chi connectivity index (χ2v) is 9.77. The van der Waals surface area contributed by atoms with E-state index < -0.39 is 0 Å². The Morgan fingerprint density at radius 3 is 2.16 bits per heavy atom. The van der Waals surface area contributed by atoms with Crippen molar-refractivity contribution in [3.8, 4) is 0 Å². The monoisotopic (exact) mass is 417 g/mol. The summed E-state index contributed by atoms with van der Waals surface area (Å²) < 4.78 is 0. The zero-order valence-corrected chi connectivity index (χ0v) is 18.7. The van der Waals surface area contributed by atoms with Crippen LogP contribution < -0.4 is 5.32 Å². The molecule has 1 saturated heterocycles. The first-order valence-electron chi connectivity index (χ1n) is 12.1. The molecule has 31 heavy (non-hydrogen) atoms. The van der Waals surface area contributed by atoms with Gasteiger partial charge in [-0.25, -0.2) is 4.79 Å². The highest BCUT2D eigenvalue weighted by Crippen LogP contribution is 2.53. The molecule has 0 spiro atoms. The molecule has 2 unspecified atom stereocenters. The van der Waals surface area contributed by atoms with Gasteiger partial charge < -0.3 is 10.2 Å². The molecule has 164 valence electrons. The molecule has 0 radical (unpaired) electrons. The fraction of sp³-hybridized carbons (Fsp3) is 0.519. The van der Waals surface area contributed by atoms with Crippen LogP contribution in [0.15, 0.2) is 54.6 Å². The van der Waals surface area contributed by atoms with Crippen LogP contribution in [0.1, 0.15) is 73.7 Å². The molecule has 1 aliphatic carbocycles. The van der Waals surface area contributed by atoms with Gasteiger partial charge in [-0.2, -0.15) is 0 Å². The number of nitrogens with one attached hydrogen (secondary N) is 1. The summed E-state index contributed by atoms with van der Waals surface area (Å²) in [5.41, 5.74) is 4.34. The third-order valence-electron chi connectivity index (χ3n) is 7.81. The van der Waals surface area contributed by atoms with E-state index in [2.05, 4.69) is 46.6 Å². The van der Waals surface area contributed by atoms with Gasteiger partial charge in [-0.05, 0) is 74.1 Å². The van der Waals surface area contributed by atoms with Gasteiger partial charge in [-0.3, -0.25) is 4.90 Å². The summed E-state index contributed by atoms with van der Waals surface area (Å²) >= 11 is 0. The lowest BCUT2D eigenvalue weighted by atomic mass is 9.84. The van der Waals surface area contributed by atoms with Crippen molar-refractivity contribution in [3.63, 3.8) is 0 Å². The highest BCUT2D eigenvalue weighted by atomic mass is 16.2. The van der Waals surface area contributed by atoms with Crippen LogP contribution >= 0.6 is 0 Å². The van der Waals surface area contributed by atoms with E-state index in [1.807, 2.05) is 25.2 Å². The van der Waals surface area contributed by atoms with Gasteiger partial charge in [0.25, 0.3) is 0 Å². The van der Waals surface area contributed by atoms with Crippen molar-refractivity contribution in [3.05, 3.63) is 71.3 Å². The highest BCUT2D eigenvalue weighted by Gasteiger charge is 2.43. The van der Waals surface area contributed by atoms with Gasteiger partial charge in [0.15, 0.2) is 0 Å². The second-order valence-electron chi connectivity index (χ2n) is 9.77. The van der Waals surface area contributed by atoms with E-state index in [9.17, 15) is 4.79 Å². The number of amides is 2. The van der Waals surface area contributed by atoms with Crippen molar-refractivity contribution < 1.29 is 4.79 Å². The fourth-order valence-corrected chi connectivity index (χ4v) is 6.10. The SMILES string of the molecule is CN(Cc1ccccc1)C(=O)NC1CCC(CCN2C3CCC2c2ccccc23)CC1. The second kappa shape index (κ2) is 9.04.